The van der Waals surface area contributed by atoms with Gasteiger partial charge in [-0.15, -0.1) is 0 Å². The van der Waals surface area contributed by atoms with Gasteiger partial charge < -0.3 is 5.73 Å². The third-order valence-electron chi connectivity index (χ3n) is 2.67. The van der Waals surface area contributed by atoms with E-state index in [0.29, 0.717) is 5.82 Å². The van der Waals surface area contributed by atoms with Crippen molar-refractivity contribution in [3.8, 4) is 0 Å². The van der Waals surface area contributed by atoms with Crippen molar-refractivity contribution in [3.63, 3.8) is 0 Å². The monoisotopic (exact) mass is 256 g/mol. The number of hydrogen-bond donors (Lipinski definition) is 1. The van der Waals surface area contributed by atoms with E-state index >= 15 is 0 Å². The Bertz CT molecular complexity index is 567. The van der Waals surface area contributed by atoms with Gasteiger partial charge in [0.2, 0.25) is 0 Å². The maximum absolute atomic E-state index is 13.5. The molecule has 2 rings (SSSR count). The molecule has 0 bridgehead atoms. The van der Waals surface area contributed by atoms with Crippen LogP contribution in [0.1, 0.15) is 17.4 Å². The van der Waals surface area contributed by atoms with Crippen molar-refractivity contribution >= 4 is 0 Å². The molecule has 0 aliphatic heterocycles. The Balaban J connectivity index is 2.27. The van der Waals surface area contributed by atoms with Gasteiger partial charge in [-0.25, -0.2) is 18.2 Å². The van der Waals surface area contributed by atoms with Crippen molar-refractivity contribution in [2.75, 3.05) is 0 Å². The average molecular weight is 256 g/mol. The molecule has 0 radical (unpaired) electrons. The van der Waals surface area contributed by atoms with E-state index in [1.165, 1.54) is 11.0 Å². The van der Waals surface area contributed by atoms with Gasteiger partial charge in [-0.2, -0.15) is 5.10 Å². The fourth-order valence-corrected chi connectivity index (χ4v) is 1.64. The summed E-state index contributed by atoms with van der Waals surface area (Å²) in [7, 11) is 1.66. The summed E-state index contributed by atoms with van der Waals surface area (Å²) in [6, 6.07) is 1.17. The van der Waals surface area contributed by atoms with E-state index in [2.05, 4.69) is 10.1 Å². The standard InChI is InChI=1S/C11H11F3N4/c1-18-9(16-5-17-18)4-8(15)6-2-3-7(12)11(14)10(6)13/h2-3,5,8H,4,15H2,1H3. The van der Waals surface area contributed by atoms with Crippen molar-refractivity contribution in [2.45, 2.75) is 12.5 Å². The maximum atomic E-state index is 13.5. The highest BCUT2D eigenvalue weighted by Gasteiger charge is 2.19. The van der Waals surface area contributed by atoms with Crippen molar-refractivity contribution < 1.29 is 13.2 Å². The number of hydrogen-bond acceptors (Lipinski definition) is 3. The molecule has 18 heavy (non-hydrogen) atoms. The molecule has 4 nitrogen and oxygen atoms in total. The number of nitrogens with zero attached hydrogens (tertiary/aromatic N) is 3. The summed E-state index contributed by atoms with van der Waals surface area (Å²) in [5, 5.41) is 3.84. The van der Waals surface area contributed by atoms with Crippen molar-refractivity contribution in [1.29, 1.82) is 0 Å². The minimum atomic E-state index is -1.51. The molecule has 0 saturated carbocycles. The van der Waals surface area contributed by atoms with Gasteiger partial charge in [0.05, 0.1) is 0 Å². The summed E-state index contributed by atoms with van der Waals surface area (Å²) in [5.41, 5.74) is 5.68. The molecule has 7 heteroatoms. The second-order valence-electron chi connectivity index (χ2n) is 3.88. The van der Waals surface area contributed by atoms with Gasteiger partial charge in [-0.1, -0.05) is 6.07 Å². The number of benzene rings is 1. The first-order valence-corrected chi connectivity index (χ1v) is 5.22. The summed E-state index contributed by atoms with van der Waals surface area (Å²) in [6.07, 6.45) is 1.52. The zero-order chi connectivity index (χ0) is 13.3. The smallest absolute Gasteiger partial charge is 0.194 e. The molecule has 96 valence electrons. The van der Waals surface area contributed by atoms with Crippen LogP contribution in [0.4, 0.5) is 13.2 Å². The van der Waals surface area contributed by atoms with Crippen molar-refractivity contribution in [2.24, 2.45) is 12.8 Å². The zero-order valence-electron chi connectivity index (χ0n) is 9.57. The van der Waals surface area contributed by atoms with Crippen molar-refractivity contribution in [3.05, 3.63) is 47.3 Å². The van der Waals surface area contributed by atoms with Crippen molar-refractivity contribution in [1.82, 2.24) is 14.8 Å². The molecule has 0 saturated heterocycles. The lowest BCUT2D eigenvalue weighted by Crippen LogP contribution is -2.18. The maximum Gasteiger partial charge on any atom is 0.194 e. The van der Waals surface area contributed by atoms with Gasteiger partial charge in [-0.3, -0.25) is 4.68 Å². The van der Waals surface area contributed by atoms with Gasteiger partial charge >= 0.3 is 0 Å². The minimum Gasteiger partial charge on any atom is -0.323 e. The van der Waals surface area contributed by atoms with Gasteiger partial charge in [0, 0.05) is 25.1 Å². The summed E-state index contributed by atoms with van der Waals surface area (Å²) in [4.78, 5) is 3.93. The number of aryl methyl sites for hydroxylation is 1. The topological polar surface area (TPSA) is 56.7 Å². The highest BCUT2D eigenvalue weighted by molar-refractivity contribution is 5.24. The zero-order valence-corrected chi connectivity index (χ0v) is 9.57. The quantitative estimate of drug-likeness (QED) is 0.846. The van der Waals surface area contributed by atoms with E-state index in [1.54, 1.807) is 7.05 Å². The van der Waals surface area contributed by atoms with Crippen LogP contribution in [-0.2, 0) is 13.5 Å². The van der Waals surface area contributed by atoms with E-state index in [-0.39, 0.29) is 12.0 Å². The molecule has 1 heterocycles. The Morgan fingerprint density at radius 1 is 1.28 bits per heavy atom. The lowest BCUT2D eigenvalue weighted by atomic mass is 10.0. The molecular weight excluding hydrogens is 245 g/mol. The van der Waals surface area contributed by atoms with Crippen LogP contribution >= 0.6 is 0 Å². The Hall–Kier alpha value is -1.89. The first-order valence-electron chi connectivity index (χ1n) is 5.22. The van der Waals surface area contributed by atoms with Crippen LogP contribution in [0.15, 0.2) is 18.5 Å². The van der Waals surface area contributed by atoms with Crippen LogP contribution in [0.3, 0.4) is 0 Å². The Labute approximate surface area is 101 Å². The van der Waals surface area contributed by atoms with Gasteiger partial charge in [0.15, 0.2) is 17.5 Å². The fourth-order valence-electron chi connectivity index (χ4n) is 1.64. The molecule has 0 aliphatic rings. The van der Waals surface area contributed by atoms with E-state index in [0.717, 1.165) is 12.1 Å². The molecule has 0 aliphatic carbocycles. The molecule has 1 aromatic carbocycles. The van der Waals surface area contributed by atoms with E-state index in [1.807, 2.05) is 0 Å². The predicted molar refractivity (Wildman–Crippen MR) is 58.0 cm³/mol. The third kappa shape index (κ3) is 2.21. The van der Waals surface area contributed by atoms with Crippen LogP contribution in [0, 0.1) is 17.5 Å². The normalized spacial score (nSPS) is 12.7. The van der Waals surface area contributed by atoms with Crippen LogP contribution < -0.4 is 5.73 Å². The highest BCUT2D eigenvalue weighted by atomic mass is 19.2. The van der Waals surface area contributed by atoms with E-state index in [4.69, 9.17) is 5.73 Å². The summed E-state index contributed by atoms with van der Waals surface area (Å²) < 4.78 is 40.8. The Morgan fingerprint density at radius 3 is 2.61 bits per heavy atom. The number of halogens is 3. The predicted octanol–water partition coefficient (Wildman–Crippen LogP) is 1.47. The Morgan fingerprint density at radius 2 is 2.00 bits per heavy atom. The van der Waals surface area contributed by atoms with Crippen LogP contribution in [0.25, 0.3) is 0 Å². The number of nitrogens with two attached hydrogens (primary N) is 1. The number of aromatic nitrogens is 3. The van der Waals surface area contributed by atoms with Crippen LogP contribution in [-0.4, -0.2) is 14.8 Å². The largest absolute Gasteiger partial charge is 0.323 e. The Kier molecular flexibility index (Phi) is 3.33. The first kappa shape index (κ1) is 12.6. The van der Waals surface area contributed by atoms with Crippen LogP contribution in [0.2, 0.25) is 0 Å². The van der Waals surface area contributed by atoms with Gasteiger partial charge in [0.1, 0.15) is 12.2 Å². The molecule has 2 N–H and O–H groups in total. The molecule has 0 fully saturated rings. The van der Waals surface area contributed by atoms with Gasteiger partial charge in [0.25, 0.3) is 0 Å². The molecule has 1 atom stereocenters. The molecule has 1 aromatic heterocycles. The number of rotatable bonds is 3. The third-order valence-corrected chi connectivity index (χ3v) is 2.67. The summed E-state index contributed by atoms with van der Waals surface area (Å²) >= 11 is 0. The SMILES string of the molecule is Cn1ncnc1CC(N)c1ccc(F)c(F)c1F. The molecule has 1 unspecified atom stereocenters. The fraction of sp³-hybridized carbons (Fsp3) is 0.273. The molecule has 0 amide bonds. The molecule has 2 aromatic rings. The highest BCUT2D eigenvalue weighted by Crippen LogP contribution is 2.22. The summed E-state index contributed by atoms with van der Waals surface area (Å²) in [6.45, 7) is 0. The van der Waals surface area contributed by atoms with Gasteiger partial charge in [-0.05, 0) is 6.07 Å². The molecular formula is C11H11F3N4. The lowest BCUT2D eigenvalue weighted by Gasteiger charge is -2.12. The first-order chi connectivity index (χ1) is 8.50. The van der Waals surface area contributed by atoms with Crippen LogP contribution in [0.5, 0.6) is 0 Å². The lowest BCUT2D eigenvalue weighted by molar-refractivity contribution is 0.434. The second-order valence-corrected chi connectivity index (χ2v) is 3.88. The second kappa shape index (κ2) is 4.77. The molecule has 0 spiro atoms. The van der Waals surface area contributed by atoms with E-state index < -0.39 is 23.5 Å². The minimum absolute atomic E-state index is 0.0862. The summed E-state index contributed by atoms with van der Waals surface area (Å²) in [5.74, 6) is -3.47. The average Bonchev–Trinajstić information content (AvgIpc) is 2.72. The van der Waals surface area contributed by atoms with E-state index in [9.17, 15) is 13.2 Å².